The maximum absolute atomic E-state index is 3.61. The van der Waals surface area contributed by atoms with Gasteiger partial charge in [0.2, 0.25) is 0 Å². The van der Waals surface area contributed by atoms with E-state index in [1.807, 2.05) is 6.92 Å². The first kappa shape index (κ1) is 9.17. The van der Waals surface area contributed by atoms with Gasteiger partial charge < -0.3 is 12.4 Å². The predicted molar refractivity (Wildman–Crippen MR) is 14.8 cm³/mol. The van der Waals surface area contributed by atoms with Gasteiger partial charge in [0.15, 0.2) is 0 Å². The first-order valence-corrected chi connectivity index (χ1v) is 2.69. The average Bonchev–Trinajstić information content (AvgIpc) is 0.811. The maximum Gasteiger partial charge on any atom is -1.00 e. The van der Waals surface area contributed by atoms with Crippen LogP contribution in [0.5, 0.6) is 0 Å². The van der Waals surface area contributed by atoms with Crippen LogP contribution in [0.4, 0.5) is 0 Å². The Bertz CT molecular complexity index is 29.9. The fourth-order valence-electron chi connectivity index (χ4n) is 0. The molecule has 0 unspecified atom stereocenters. The van der Waals surface area contributed by atoms with Gasteiger partial charge in [-0.25, -0.2) is 0 Å². The van der Waals surface area contributed by atoms with Crippen LogP contribution in [-0.4, -0.2) is 0 Å². The molecule has 0 heterocycles. The molecule has 0 amide bonds. The molecule has 26 valence electrons. The Morgan fingerprint density at radius 3 is 1.80 bits per heavy atom. The minimum atomic E-state index is 0. The van der Waals surface area contributed by atoms with Gasteiger partial charge in [0.1, 0.15) is 0 Å². The molecule has 0 N–H and O–H groups in total. The third-order valence-corrected chi connectivity index (χ3v) is 0. The second kappa shape index (κ2) is 4.65. The monoisotopic (exact) mass is 140 g/mol. The smallest absolute Gasteiger partial charge is 1.00 e. The fourth-order valence-corrected chi connectivity index (χ4v) is 0. The second-order valence-electron chi connectivity index (χ2n) is 0.957. The Hall–Kier alpha value is 0.653. The molecule has 0 aliphatic heterocycles. The van der Waals surface area contributed by atoms with Gasteiger partial charge in [-0.2, -0.15) is 0 Å². The number of halogens is 1. The van der Waals surface area contributed by atoms with Crippen molar-refractivity contribution in [2.24, 2.45) is 0 Å². The Morgan fingerprint density at radius 2 is 1.80 bits per heavy atom. The van der Waals surface area contributed by atoms with E-state index in [9.17, 15) is 0 Å². The molecule has 0 bridgehead atoms. The summed E-state index contributed by atoms with van der Waals surface area (Å²) >= 11 is 1.24. The number of hydrogen-bond donors (Lipinski definition) is 0. The third-order valence-electron chi connectivity index (χ3n) is 0. The summed E-state index contributed by atoms with van der Waals surface area (Å²) in [6.07, 6.45) is 0. The quantitative estimate of drug-likeness (QED) is 0.345. The van der Waals surface area contributed by atoms with Crippen LogP contribution < -0.4 is 12.4 Å². The fraction of sp³-hybridized carbons (Fsp3) is 0.333. The molecular formula is C3H5ClZn. The van der Waals surface area contributed by atoms with Gasteiger partial charge in [0.25, 0.3) is 0 Å². The molecule has 2 heteroatoms. The molecule has 0 rings (SSSR count). The number of rotatable bonds is 0. The molecule has 0 aromatic heterocycles. The van der Waals surface area contributed by atoms with Crippen LogP contribution in [0.15, 0.2) is 10.7 Å². The summed E-state index contributed by atoms with van der Waals surface area (Å²) in [6, 6.07) is 0. The van der Waals surface area contributed by atoms with E-state index in [1.54, 1.807) is 0 Å². The first-order valence-electron chi connectivity index (χ1n) is 1.21. The van der Waals surface area contributed by atoms with Crippen LogP contribution in [0.2, 0.25) is 0 Å². The molecule has 0 nitrogen and oxygen atoms in total. The average molecular weight is 142 g/mol. The van der Waals surface area contributed by atoms with Gasteiger partial charge in [-0.1, -0.05) is 0 Å². The number of hydrogen-bond acceptors (Lipinski definition) is 0. The van der Waals surface area contributed by atoms with E-state index in [0.29, 0.717) is 0 Å². The Kier molecular flexibility index (Phi) is 8.54. The summed E-state index contributed by atoms with van der Waals surface area (Å²) in [5.41, 5.74) is 0. The Balaban J connectivity index is 0. The van der Waals surface area contributed by atoms with E-state index >= 15 is 0 Å². The zero-order chi connectivity index (χ0) is 3.58. The zero-order valence-corrected chi connectivity index (χ0v) is 7.02. The van der Waals surface area contributed by atoms with Gasteiger partial charge in [0, 0.05) is 0 Å². The second-order valence-corrected chi connectivity index (χ2v) is 3.49. The molecule has 0 aliphatic rings. The van der Waals surface area contributed by atoms with Crippen LogP contribution in [0, 0.1) is 0 Å². The molecule has 5 heavy (non-hydrogen) atoms. The van der Waals surface area contributed by atoms with E-state index in [1.165, 1.54) is 22.5 Å². The van der Waals surface area contributed by atoms with Crippen molar-refractivity contribution in [3.8, 4) is 0 Å². The maximum atomic E-state index is 3.61. The van der Waals surface area contributed by atoms with Crippen molar-refractivity contribution < 1.29 is 30.7 Å². The predicted octanol–water partition coefficient (Wildman–Crippen LogP) is -1.93. The van der Waals surface area contributed by atoms with Crippen molar-refractivity contribution in [3.63, 3.8) is 0 Å². The molecular weight excluding hydrogens is 137 g/mol. The third kappa shape index (κ3) is 76.7. The van der Waals surface area contributed by atoms with Crippen LogP contribution >= 0.6 is 0 Å². The van der Waals surface area contributed by atoms with Crippen LogP contribution in [-0.2, 0) is 18.3 Å². The summed E-state index contributed by atoms with van der Waals surface area (Å²) in [5.74, 6) is 0. The van der Waals surface area contributed by atoms with Gasteiger partial charge in [-0.05, 0) is 0 Å². The minimum Gasteiger partial charge on any atom is -1.00 e. The summed E-state index contributed by atoms with van der Waals surface area (Å²) in [4.78, 5) is 0. The summed E-state index contributed by atoms with van der Waals surface area (Å²) in [5, 5.41) is 0. The first-order chi connectivity index (χ1) is 1.73. The molecule has 0 aromatic carbocycles. The van der Waals surface area contributed by atoms with Crippen molar-refractivity contribution in [1.29, 1.82) is 0 Å². The Morgan fingerprint density at radius 1 is 1.80 bits per heavy atom. The van der Waals surface area contributed by atoms with E-state index < -0.39 is 0 Å². The minimum absolute atomic E-state index is 0. The van der Waals surface area contributed by atoms with Crippen molar-refractivity contribution in [3.05, 3.63) is 10.7 Å². The molecule has 0 radical (unpaired) electrons. The van der Waals surface area contributed by atoms with E-state index in [2.05, 4.69) is 6.58 Å². The van der Waals surface area contributed by atoms with Crippen molar-refractivity contribution in [2.75, 3.05) is 0 Å². The van der Waals surface area contributed by atoms with Crippen molar-refractivity contribution >= 4 is 0 Å². The molecule has 0 aliphatic carbocycles. The molecule has 0 aromatic rings. The largest absolute Gasteiger partial charge is 1.00 e. The van der Waals surface area contributed by atoms with Gasteiger partial charge in [-0.3, -0.25) is 0 Å². The summed E-state index contributed by atoms with van der Waals surface area (Å²) in [6.45, 7) is 5.64. The number of allylic oxidation sites excluding steroid dienone is 1. The van der Waals surface area contributed by atoms with Crippen molar-refractivity contribution in [1.82, 2.24) is 0 Å². The Labute approximate surface area is 48.7 Å². The van der Waals surface area contributed by atoms with E-state index in [0.717, 1.165) is 0 Å². The molecule has 0 fully saturated rings. The van der Waals surface area contributed by atoms with E-state index in [-0.39, 0.29) is 12.4 Å². The van der Waals surface area contributed by atoms with Gasteiger partial charge in [0.05, 0.1) is 0 Å². The normalized spacial score (nSPS) is 5.40. The standard InChI is InChI=1S/C3H5.ClH.Zn/c1-3-2;;/h1H2,2H3;1H;/q;;+1/p-1. The van der Waals surface area contributed by atoms with E-state index in [4.69, 9.17) is 0 Å². The van der Waals surface area contributed by atoms with Crippen LogP contribution in [0.1, 0.15) is 6.92 Å². The van der Waals surface area contributed by atoms with Crippen molar-refractivity contribution in [2.45, 2.75) is 6.92 Å². The summed E-state index contributed by atoms with van der Waals surface area (Å²) in [7, 11) is 0. The van der Waals surface area contributed by atoms with Crippen LogP contribution in [0.3, 0.4) is 0 Å². The van der Waals surface area contributed by atoms with Gasteiger partial charge >= 0.3 is 36.0 Å². The molecule has 0 saturated carbocycles. The SMILES string of the molecule is C=[C](C)[Zn+].[Cl-]. The molecule has 0 saturated heterocycles. The summed E-state index contributed by atoms with van der Waals surface area (Å²) < 4.78 is 1.29. The molecule has 0 spiro atoms. The van der Waals surface area contributed by atoms with Gasteiger partial charge in [-0.15, -0.1) is 0 Å². The van der Waals surface area contributed by atoms with Crippen LogP contribution in [0.25, 0.3) is 0 Å². The zero-order valence-electron chi connectivity index (χ0n) is 3.29. The molecule has 0 atom stereocenters. The topological polar surface area (TPSA) is 0 Å².